The molecule has 1 atom stereocenters. The van der Waals surface area contributed by atoms with Crippen LogP contribution < -0.4 is 10.1 Å². The number of carbonyl (C=O) groups is 1. The minimum absolute atomic E-state index is 0.224. The van der Waals surface area contributed by atoms with Crippen molar-refractivity contribution in [3.05, 3.63) is 59.4 Å². The van der Waals surface area contributed by atoms with E-state index in [0.29, 0.717) is 18.1 Å². The summed E-state index contributed by atoms with van der Waals surface area (Å²) in [4.78, 5) is 16.0. The van der Waals surface area contributed by atoms with Crippen LogP contribution in [-0.4, -0.2) is 16.5 Å². The Morgan fingerprint density at radius 2 is 1.84 bits per heavy atom. The Hall–Kier alpha value is -2.40. The number of esters is 1. The fraction of sp³-hybridized carbons (Fsp3) is 0.400. The lowest BCUT2D eigenvalue weighted by Gasteiger charge is -2.28. The van der Waals surface area contributed by atoms with E-state index in [2.05, 4.69) is 10.3 Å². The van der Waals surface area contributed by atoms with Gasteiger partial charge in [-0.3, -0.25) is 10.1 Å². The van der Waals surface area contributed by atoms with Gasteiger partial charge in [0.25, 0.3) is 0 Å². The number of carbonyl (C=O) groups excluding carboxylic acids is 1. The molecule has 0 aliphatic rings. The van der Waals surface area contributed by atoms with E-state index in [-0.39, 0.29) is 11.5 Å². The van der Waals surface area contributed by atoms with E-state index in [1.165, 1.54) is 6.92 Å². The Labute approximate surface area is 149 Å². The molecule has 2 rings (SSSR count). The number of rotatable bonds is 6. The highest BCUT2D eigenvalue weighted by Gasteiger charge is 2.23. The van der Waals surface area contributed by atoms with Crippen LogP contribution in [-0.2, 0) is 16.1 Å². The van der Waals surface area contributed by atoms with Crippen molar-refractivity contribution in [2.24, 2.45) is 0 Å². The van der Waals surface area contributed by atoms with Crippen molar-refractivity contribution in [1.82, 2.24) is 10.3 Å². The first-order chi connectivity index (χ1) is 11.7. The first-order valence-electron chi connectivity index (χ1n) is 8.34. The molecule has 2 aromatic rings. The smallest absolute Gasteiger partial charge is 0.304 e. The van der Waals surface area contributed by atoms with E-state index in [0.717, 1.165) is 11.3 Å². The summed E-state index contributed by atoms with van der Waals surface area (Å²) in [5.41, 5.74) is 2.27. The molecular formula is C20H26N2O3. The summed E-state index contributed by atoms with van der Waals surface area (Å²) in [5.74, 6) is 0.357. The number of ether oxygens (including phenoxy) is 2. The molecule has 1 aromatic heterocycles. The normalized spacial score (nSPS) is 12.5. The predicted octanol–water partition coefficient (Wildman–Crippen LogP) is 3.92. The van der Waals surface area contributed by atoms with Gasteiger partial charge in [0.15, 0.2) is 6.23 Å². The largest absolute Gasteiger partial charge is 0.487 e. The van der Waals surface area contributed by atoms with Crippen molar-refractivity contribution < 1.29 is 14.3 Å². The van der Waals surface area contributed by atoms with Gasteiger partial charge in [-0.1, -0.05) is 30.3 Å². The monoisotopic (exact) mass is 342 g/mol. The van der Waals surface area contributed by atoms with Crippen molar-refractivity contribution in [3.63, 3.8) is 0 Å². The molecule has 1 heterocycles. The van der Waals surface area contributed by atoms with Gasteiger partial charge in [-0.15, -0.1) is 0 Å². The Balaban J connectivity index is 2.13. The second-order valence-electron chi connectivity index (χ2n) is 6.98. The van der Waals surface area contributed by atoms with Crippen LogP contribution in [0.15, 0.2) is 42.5 Å². The zero-order valence-electron chi connectivity index (χ0n) is 15.5. The Kier molecular flexibility index (Phi) is 6.15. The van der Waals surface area contributed by atoms with E-state index in [9.17, 15) is 4.79 Å². The van der Waals surface area contributed by atoms with E-state index in [1.54, 1.807) is 0 Å². The summed E-state index contributed by atoms with van der Waals surface area (Å²) in [6, 6.07) is 13.6. The molecule has 0 saturated carbocycles. The molecule has 0 aliphatic carbocycles. The quantitative estimate of drug-likeness (QED) is 0.637. The van der Waals surface area contributed by atoms with Gasteiger partial charge in [0.2, 0.25) is 0 Å². The second kappa shape index (κ2) is 8.12. The van der Waals surface area contributed by atoms with E-state index >= 15 is 0 Å². The van der Waals surface area contributed by atoms with Crippen LogP contribution in [0, 0.1) is 6.92 Å². The average Bonchev–Trinajstić information content (AvgIpc) is 2.52. The van der Waals surface area contributed by atoms with Crippen LogP contribution in [0.1, 0.15) is 50.9 Å². The van der Waals surface area contributed by atoms with Crippen LogP contribution in [0.5, 0.6) is 5.75 Å². The number of aromatic nitrogens is 1. The Morgan fingerprint density at radius 1 is 1.16 bits per heavy atom. The highest BCUT2D eigenvalue weighted by molar-refractivity contribution is 5.66. The summed E-state index contributed by atoms with van der Waals surface area (Å²) < 4.78 is 11.2. The second-order valence-corrected chi connectivity index (χ2v) is 6.98. The molecule has 5 heteroatoms. The first-order valence-corrected chi connectivity index (χ1v) is 8.34. The molecule has 0 aliphatic heterocycles. The fourth-order valence-corrected chi connectivity index (χ4v) is 2.32. The zero-order valence-corrected chi connectivity index (χ0v) is 15.5. The molecule has 0 bridgehead atoms. The van der Waals surface area contributed by atoms with Gasteiger partial charge in [-0.2, -0.15) is 0 Å². The van der Waals surface area contributed by atoms with Crippen LogP contribution in [0.25, 0.3) is 0 Å². The van der Waals surface area contributed by atoms with Crippen molar-refractivity contribution >= 4 is 5.97 Å². The molecule has 0 amide bonds. The number of aryl methyl sites for hydroxylation is 1. The summed E-state index contributed by atoms with van der Waals surface area (Å²) in [7, 11) is 0. The maximum Gasteiger partial charge on any atom is 0.304 e. The topological polar surface area (TPSA) is 60.5 Å². The Morgan fingerprint density at radius 3 is 2.40 bits per heavy atom. The third-order valence-corrected chi connectivity index (χ3v) is 3.41. The molecule has 134 valence electrons. The summed E-state index contributed by atoms with van der Waals surface area (Å²) in [6.45, 7) is 9.78. The van der Waals surface area contributed by atoms with E-state index in [4.69, 9.17) is 9.47 Å². The number of nitrogens with zero attached hydrogens (tertiary/aromatic N) is 1. The number of pyridine rings is 1. The fourth-order valence-electron chi connectivity index (χ4n) is 2.32. The number of nitrogens with one attached hydrogen (secondary N) is 1. The van der Waals surface area contributed by atoms with Gasteiger partial charge in [-0.05, 0) is 45.4 Å². The first kappa shape index (κ1) is 18.9. The van der Waals surface area contributed by atoms with Gasteiger partial charge >= 0.3 is 5.97 Å². The van der Waals surface area contributed by atoms with Crippen LogP contribution in [0.2, 0.25) is 0 Å². The van der Waals surface area contributed by atoms with Gasteiger partial charge in [-0.25, -0.2) is 4.98 Å². The predicted molar refractivity (Wildman–Crippen MR) is 97.1 cm³/mol. The highest BCUT2D eigenvalue weighted by atomic mass is 16.6. The molecule has 0 fully saturated rings. The lowest BCUT2D eigenvalue weighted by atomic mass is 10.1. The van der Waals surface area contributed by atoms with Crippen molar-refractivity contribution in [2.75, 3.05) is 0 Å². The minimum atomic E-state index is -0.598. The van der Waals surface area contributed by atoms with E-state index in [1.807, 2.05) is 70.2 Å². The molecule has 1 N–H and O–H groups in total. The molecule has 0 saturated heterocycles. The third-order valence-electron chi connectivity index (χ3n) is 3.41. The number of hydrogen-bond acceptors (Lipinski definition) is 5. The molecule has 1 aromatic carbocycles. The van der Waals surface area contributed by atoms with Crippen LogP contribution in [0.4, 0.5) is 0 Å². The van der Waals surface area contributed by atoms with Crippen molar-refractivity contribution in [2.45, 2.75) is 53.0 Å². The molecule has 1 unspecified atom stereocenters. The maximum absolute atomic E-state index is 11.4. The summed E-state index contributed by atoms with van der Waals surface area (Å²) in [5, 5.41) is 3.26. The average molecular weight is 342 g/mol. The van der Waals surface area contributed by atoms with Gasteiger partial charge in [0, 0.05) is 12.5 Å². The lowest BCUT2D eigenvalue weighted by Crippen LogP contribution is -2.40. The maximum atomic E-state index is 11.4. The lowest BCUT2D eigenvalue weighted by molar-refractivity contribution is -0.149. The van der Waals surface area contributed by atoms with E-state index < -0.39 is 6.23 Å². The molecular weight excluding hydrogens is 316 g/mol. The minimum Gasteiger partial charge on any atom is -0.487 e. The van der Waals surface area contributed by atoms with Crippen molar-refractivity contribution in [1.29, 1.82) is 0 Å². The van der Waals surface area contributed by atoms with Crippen LogP contribution >= 0.6 is 0 Å². The van der Waals surface area contributed by atoms with Gasteiger partial charge in [0.05, 0.1) is 11.4 Å². The Bertz CT molecular complexity index is 709. The third kappa shape index (κ3) is 6.19. The molecule has 25 heavy (non-hydrogen) atoms. The molecule has 5 nitrogen and oxygen atoms in total. The zero-order chi connectivity index (χ0) is 18.4. The van der Waals surface area contributed by atoms with Gasteiger partial charge < -0.3 is 9.47 Å². The summed E-state index contributed by atoms with van der Waals surface area (Å²) in [6.07, 6.45) is -0.598. The molecule has 0 spiro atoms. The van der Waals surface area contributed by atoms with Crippen molar-refractivity contribution in [3.8, 4) is 5.75 Å². The standard InChI is InChI=1S/C20H26N2O3/c1-14-18(24-13-16-9-7-6-8-10-16)12-11-17(21-14)19(25-15(2)23)22-20(3,4)5/h6-12,19,22H,13H2,1-5H3. The SMILES string of the molecule is CC(=O)OC(NC(C)(C)C)c1ccc(OCc2ccccc2)c(C)n1. The molecule has 0 radical (unpaired) electrons. The number of hydrogen-bond donors (Lipinski definition) is 1. The highest BCUT2D eigenvalue weighted by Crippen LogP contribution is 2.23. The van der Waals surface area contributed by atoms with Crippen LogP contribution in [0.3, 0.4) is 0 Å². The van der Waals surface area contributed by atoms with Gasteiger partial charge in [0.1, 0.15) is 12.4 Å². The summed E-state index contributed by atoms with van der Waals surface area (Å²) >= 11 is 0. The number of benzene rings is 1.